The molecule has 0 aromatic heterocycles. The number of hydrogen-bond donors (Lipinski definition) is 0. The molecule has 0 aromatic carbocycles. The molecule has 0 spiro atoms. The Hall–Kier alpha value is -1.10. The van der Waals surface area contributed by atoms with Gasteiger partial charge >= 0.3 is 0 Å². The molecule has 0 amide bonds. The Morgan fingerprint density at radius 2 is 1.88 bits per heavy atom. The van der Waals surface area contributed by atoms with E-state index in [9.17, 15) is 8.42 Å². The van der Waals surface area contributed by atoms with Gasteiger partial charge in [-0.05, 0) is 18.9 Å². The van der Waals surface area contributed by atoms with Crippen LogP contribution in [0.25, 0.3) is 0 Å². The fraction of sp³-hybridized carbons (Fsp3) is 0.545. The summed E-state index contributed by atoms with van der Waals surface area (Å²) in [4.78, 5) is 1.82. The highest BCUT2D eigenvalue weighted by molar-refractivity contribution is 7.94. The molecule has 0 saturated heterocycles. The molecular formula is C11H20N2O2S. The summed E-state index contributed by atoms with van der Waals surface area (Å²) in [5.74, 6) is 0.163. The lowest BCUT2D eigenvalue weighted by Crippen LogP contribution is -2.10. The zero-order valence-corrected chi connectivity index (χ0v) is 11.3. The second-order valence-electron chi connectivity index (χ2n) is 3.97. The Bertz CT molecular complexity index is 390. The van der Waals surface area contributed by atoms with E-state index < -0.39 is 10.0 Å². The molecule has 92 valence electrons. The quantitative estimate of drug-likeness (QED) is 0.422. The van der Waals surface area contributed by atoms with Crippen LogP contribution in [0.1, 0.15) is 20.8 Å². The maximum absolute atomic E-state index is 11.8. The SMILES string of the molecule is C/C=C\C(=C/C(C)C)S(=O)(=O)N=CN(C)C. The summed E-state index contributed by atoms with van der Waals surface area (Å²) in [7, 11) is -0.127. The largest absolute Gasteiger partial charge is 0.368 e. The molecule has 4 nitrogen and oxygen atoms in total. The Labute approximate surface area is 98.4 Å². The molecule has 0 N–H and O–H groups in total. The monoisotopic (exact) mass is 244 g/mol. The molecule has 0 aliphatic carbocycles. The van der Waals surface area contributed by atoms with Crippen molar-refractivity contribution < 1.29 is 8.42 Å². The van der Waals surface area contributed by atoms with Gasteiger partial charge in [-0.15, -0.1) is 4.40 Å². The molecule has 0 aliphatic heterocycles. The van der Waals surface area contributed by atoms with Crippen molar-refractivity contribution in [2.75, 3.05) is 14.1 Å². The van der Waals surface area contributed by atoms with E-state index in [1.807, 2.05) is 13.8 Å². The molecule has 0 fully saturated rings. The summed E-state index contributed by atoms with van der Waals surface area (Å²) in [5, 5.41) is 0. The number of hydrogen-bond acceptors (Lipinski definition) is 2. The van der Waals surface area contributed by atoms with Crippen LogP contribution in [0.3, 0.4) is 0 Å². The first kappa shape index (κ1) is 14.9. The summed E-state index contributed by atoms with van der Waals surface area (Å²) in [6.45, 7) is 5.63. The minimum Gasteiger partial charge on any atom is -0.368 e. The third-order valence-corrected chi connectivity index (χ3v) is 2.78. The Morgan fingerprint density at radius 1 is 1.31 bits per heavy atom. The molecule has 0 aliphatic rings. The van der Waals surface area contributed by atoms with Crippen molar-refractivity contribution in [3.63, 3.8) is 0 Å². The zero-order valence-electron chi connectivity index (χ0n) is 10.5. The van der Waals surface area contributed by atoms with E-state index in [0.29, 0.717) is 0 Å². The van der Waals surface area contributed by atoms with E-state index in [2.05, 4.69) is 4.40 Å². The average Bonchev–Trinajstić information content (AvgIpc) is 2.14. The van der Waals surface area contributed by atoms with Crippen molar-refractivity contribution in [2.45, 2.75) is 20.8 Å². The average molecular weight is 244 g/mol. The van der Waals surface area contributed by atoms with Crippen molar-refractivity contribution >= 4 is 16.4 Å². The van der Waals surface area contributed by atoms with E-state index in [4.69, 9.17) is 0 Å². The van der Waals surface area contributed by atoms with Crippen molar-refractivity contribution in [1.82, 2.24) is 4.90 Å². The molecule has 0 aromatic rings. The number of sulfonamides is 1. The van der Waals surface area contributed by atoms with Gasteiger partial charge in [0.15, 0.2) is 0 Å². The van der Waals surface area contributed by atoms with Crippen LogP contribution in [-0.2, 0) is 10.0 Å². The molecule has 0 bridgehead atoms. The van der Waals surface area contributed by atoms with Crippen molar-refractivity contribution in [1.29, 1.82) is 0 Å². The summed E-state index contributed by atoms with van der Waals surface area (Å²) in [6, 6.07) is 0. The predicted molar refractivity (Wildman–Crippen MR) is 68.8 cm³/mol. The van der Waals surface area contributed by atoms with Gasteiger partial charge in [-0.3, -0.25) is 0 Å². The molecular weight excluding hydrogens is 224 g/mol. The fourth-order valence-electron chi connectivity index (χ4n) is 0.938. The van der Waals surface area contributed by atoms with E-state index in [1.165, 1.54) is 6.34 Å². The van der Waals surface area contributed by atoms with Crippen LogP contribution in [0, 0.1) is 5.92 Å². The minimum atomic E-state index is -3.57. The van der Waals surface area contributed by atoms with Gasteiger partial charge in [0.05, 0.1) is 4.91 Å². The molecule has 0 atom stereocenters. The molecule has 0 radical (unpaired) electrons. The molecule has 0 unspecified atom stereocenters. The fourth-order valence-corrected chi connectivity index (χ4v) is 2.12. The number of allylic oxidation sites excluding steroid dienone is 3. The van der Waals surface area contributed by atoms with Gasteiger partial charge in [0, 0.05) is 14.1 Å². The summed E-state index contributed by atoms with van der Waals surface area (Å²) in [6.07, 6.45) is 6.22. The third-order valence-electron chi connectivity index (χ3n) is 1.54. The van der Waals surface area contributed by atoms with Crippen molar-refractivity contribution in [2.24, 2.45) is 10.3 Å². The van der Waals surface area contributed by atoms with Crippen LogP contribution in [0.2, 0.25) is 0 Å². The van der Waals surface area contributed by atoms with Gasteiger partial charge in [0.25, 0.3) is 10.0 Å². The normalized spacial score (nSPS) is 14.2. The van der Waals surface area contributed by atoms with E-state index in [1.54, 1.807) is 44.1 Å². The van der Waals surface area contributed by atoms with Crippen LogP contribution in [-0.4, -0.2) is 33.8 Å². The van der Waals surface area contributed by atoms with E-state index in [-0.39, 0.29) is 10.8 Å². The lowest BCUT2D eigenvalue weighted by molar-refractivity contribution is 0.600. The summed E-state index contributed by atoms with van der Waals surface area (Å²) < 4.78 is 27.2. The zero-order chi connectivity index (χ0) is 12.8. The summed E-state index contributed by atoms with van der Waals surface area (Å²) in [5.41, 5.74) is 0. The second kappa shape index (κ2) is 6.48. The van der Waals surface area contributed by atoms with Gasteiger partial charge in [0.2, 0.25) is 0 Å². The van der Waals surface area contributed by atoms with Gasteiger partial charge in [-0.25, -0.2) is 0 Å². The smallest absolute Gasteiger partial charge is 0.283 e. The van der Waals surface area contributed by atoms with Crippen LogP contribution >= 0.6 is 0 Å². The molecule has 0 heterocycles. The minimum absolute atomic E-state index is 0.163. The predicted octanol–water partition coefficient (Wildman–Crippen LogP) is 2.02. The Kier molecular flexibility index (Phi) is 6.03. The lowest BCUT2D eigenvalue weighted by Gasteiger charge is -2.05. The first-order valence-corrected chi connectivity index (χ1v) is 6.55. The van der Waals surface area contributed by atoms with E-state index >= 15 is 0 Å². The van der Waals surface area contributed by atoms with E-state index in [0.717, 1.165) is 0 Å². The topological polar surface area (TPSA) is 49.7 Å². The highest BCUT2D eigenvalue weighted by Crippen LogP contribution is 2.13. The van der Waals surface area contributed by atoms with Crippen LogP contribution in [0.15, 0.2) is 27.5 Å². The maximum atomic E-state index is 11.8. The van der Waals surface area contributed by atoms with Crippen LogP contribution in [0.5, 0.6) is 0 Å². The summed E-state index contributed by atoms with van der Waals surface area (Å²) >= 11 is 0. The number of nitrogens with zero attached hydrogens (tertiary/aromatic N) is 2. The molecule has 5 heteroatoms. The molecule has 0 rings (SSSR count). The molecule has 16 heavy (non-hydrogen) atoms. The Balaban J connectivity index is 5.23. The van der Waals surface area contributed by atoms with Crippen molar-refractivity contribution in [3.8, 4) is 0 Å². The lowest BCUT2D eigenvalue weighted by atomic mass is 10.2. The van der Waals surface area contributed by atoms with Gasteiger partial charge in [0.1, 0.15) is 6.34 Å². The third kappa shape index (κ3) is 5.70. The second-order valence-corrected chi connectivity index (χ2v) is 5.60. The maximum Gasteiger partial charge on any atom is 0.283 e. The first-order valence-electron chi connectivity index (χ1n) is 5.11. The number of rotatable bonds is 5. The van der Waals surface area contributed by atoms with Crippen molar-refractivity contribution in [3.05, 3.63) is 23.1 Å². The standard InChI is InChI=1S/C11H20N2O2S/c1-6-7-11(8-10(2)3)16(14,15)12-9-13(4)5/h6-10H,1-5H3/b7-6-,11-8+,12-9?. The first-order chi connectivity index (χ1) is 7.29. The molecule has 0 saturated carbocycles. The van der Waals surface area contributed by atoms with Gasteiger partial charge in [-0.1, -0.05) is 26.0 Å². The Morgan fingerprint density at radius 3 is 2.25 bits per heavy atom. The van der Waals surface area contributed by atoms with Gasteiger partial charge in [-0.2, -0.15) is 8.42 Å². The highest BCUT2D eigenvalue weighted by atomic mass is 32.2. The highest BCUT2D eigenvalue weighted by Gasteiger charge is 2.13. The van der Waals surface area contributed by atoms with Crippen LogP contribution in [0.4, 0.5) is 0 Å². The van der Waals surface area contributed by atoms with Gasteiger partial charge < -0.3 is 4.90 Å². The van der Waals surface area contributed by atoms with Crippen LogP contribution < -0.4 is 0 Å².